The molecule has 1 rings (SSSR count). The maximum absolute atomic E-state index is 10.9. The predicted molar refractivity (Wildman–Crippen MR) is 42.5 cm³/mol. The van der Waals surface area contributed by atoms with Crippen LogP contribution in [0.2, 0.25) is 0 Å². The Labute approximate surface area is 74.9 Å². The van der Waals surface area contributed by atoms with Crippen molar-refractivity contribution in [1.82, 2.24) is 5.06 Å². The summed E-state index contributed by atoms with van der Waals surface area (Å²) in [4.78, 5) is 37.1. The Balaban J connectivity index is 2.62. The van der Waals surface area contributed by atoms with Crippen LogP contribution in [-0.2, 0) is 19.2 Å². The van der Waals surface area contributed by atoms with Crippen LogP contribution in [0.3, 0.4) is 0 Å². The minimum atomic E-state index is -0.539. The maximum Gasteiger partial charge on any atom is 0.322 e. The summed E-state index contributed by atoms with van der Waals surface area (Å²) < 4.78 is 0. The SMILES string of the molecule is CC(=O)ON1CC(=O)C=CC(=O)C1. The van der Waals surface area contributed by atoms with Crippen molar-refractivity contribution in [2.24, 2.45) is 0 Å². The monoisotopic (exact) mass is 183 g/mol. The summed E-state index contributed by atoms with van der Waals surface area (Å²) in [5.74, 6) is -1.05. The summed E-state index contributed by atoms with van der Waals surface area (Å²) in [6, 6.07) is 0. The molecule has 0 aromatic rings. The molecular formula is C8H9NO4. The predicted octanol–water partition coefficient (Wildman–Crippen LogP) is -0.526. The van der Waals surface area contributed by atoms with Crippen LogP contribution in [0.25, 0.3) is 0 Å². The zero-order chi connectivity index (χ0) is 9.84. The topological polar surface area (TPSA) is 63.7 Å². The molecule has 0 unspecified atom stereocenters. The van der Waals surface area contributed by atoms with Gasteiger partial charge in [0.2, 0.25) is 0 Å². The second kappa shape index (κ2) is 3.95. The Bertz CT molecular complexity index is 262. The van der Waals surface area contributed by atoms with Crippen molar-refractivity contribution >= 4 is 17.5 Å². The number of carbonyl (C=O) groups excluding carboxylic acids is 3. The normalized spacial score (nSPS) is 18.5. The van der Waals surface area contributed by atoms with E-state index in [4.69, 9.17) is 0 Å². The van der Waals surface area contributed by atoms with Gasteiger partial charge in [0, 0.05) is 6.92 Å². The van der Waals surface area contributed by atoms with Crippen LogP contribution >= 0.6 is 0 Å². The van der Waals surface area contributed by atoms with Crippen molar-refractivity contribution in [2.45, 2.75) is 6.92 Å². The molecular weight excluding hydrogens is 174 g/mol. The van der Waals surface area contributed by atoms with Crippen molar-refractivity contribution in [1.29, 1.82) is 0 Å². The quantitative estimate of drug-likeness (QED) is 0.547. The van der Waals surface area contributed by atoms with Crippen LogP contribution in [-0.4, -0.2) is 35.7 Å². The fraction of sp³-hybridized carbons (Fsp3) is 0.375. The number of hydroxylamine groups is 2. The molecule has 1 aliphatic rings. The lowest BCUT2D eigenvalue weighted by molar-refractivity contribution is -0.187. The molecule has 0 saturated heterocycles. The van der Waals surface area contributed by atoms with Gasteiger partial charge >= 0.3 is 5.97 Å². The van der Waals surface area contributed by atoms with E-state index in [0.29, 0.717) is 0 Å². The van der Waals surface area contributed by atoms with E-state index in [1.807, 2.05) is 0 Å². The van der Waals surface area contributed by atoms with Crippen LogP contribution < -0.4 is 0 Å². The number of carbonyl (C=O) groups is 3. The van der Waals surface area contributed by atoms with Crippen molar-refractivity contribution < 1.29 is 19.2 Å². The van der Waals surface area contributed by atoms with E-state index in [1.165, 1.54) is 19.1 Å². The van der Waals surface area contributed by atoms with Crippen LogP contribution in [0.4, 0.5) is 0 Å². The van der Waals surface area contributed by atoms with E-state index in [0.717, 1.165) is 5.06 Å². The maximum atomic E-state index is 10.9. The molecule has 0 N–H and O–H groups in total. The minimum absolute atomic E-state index is 0.0676. The van der Waals surface area contributed by atoms with Crippen molar-refractivity contribution in [3.63, 3.8) is 0 Å². The first kappa shape index (κ1) is 9.60. The van der Waals surface area contributed by atoms with E-state index in [2.05, 4.69) is 4.84 Å². The van der Waals surface area contributed by atoms with Gasteiger partial charge in [-0.3, -0.25) is 14.4 Å². The van der Waals surface area contributed by atoms with Gasteiger partial charge in [-0.2, -0.15) is 0 Å². The fourth-order valence-corrected chi connectivity index (χ4v) is 0.941. The van der Waals surface area contributed by atoms with Gasteiger partial charge < -0.3 is 4.84 Å². The van der Waals surface area contributed by atoms with Crippen LogP contribution in [0.5, 0.6) is 0 Å². The average molecular weight is 183 g/mol. The second-order valence-corrected chi connectivity index (χ2v) is 2.65. The average Bonchev–Trinajstić information content (AvgIpc) is 2.11. The van der Waals surface area contributed by atoms with Gasteiger partial charge in [-0.15, -0.1) is 5.06 Å². The van der Waals surface area contributed by atoms with Crippen LogP contribution in [0, 0.1) is 0 Å². The first-order valence-corrected chi connectivity index (χ1v) is 3.75. The molecule has 0 radical (unpaired) electrons. The molecule has 1 aliphatic heterocycles. The van der Waals surface area contributed by atoms with Gasteiger partial charge in [-0.05, 0) is 12.2 Å². The first-order chi connectivity index (χ1) is 6.08. The standard InChI is InChI=1S/C8H9NO4/c1-6(10)13-9-4-7(11)2-3-8(12)5-9/h2-3H,4-5H2,1H3. The van der Waals surface area contributed by atoms with Gasteiger partial charge in [-0.1, -0.05) is 0 Å². The molecule has 0 spiro atoms. The van der Waals surface area contributed by atoms with Crippen LogP contribution in [0.1, 0.15) is 6.92 Å². The lowest BCUT2D eigenvalue weighted by atomic mass is 10.3. The summed E-state index contributed by atoms with van der Waals surface area (Å²) in [6.45, 7) is 1.08. The van der Waals surface area contributed by atoms with Gasteiger partial charge in [0.15, 0.2) is 11.6 Å². The van der Waals surface area contributed by atoms with Crippen molar-refractivity contribution in [2.75, 3.05) is 13.1 Å². The molecule has 5 nitrogen and oxygen atoms in total. The smallest absolute Gasteiger partial charge is 0.322 e. The Hall–Kier alpha value is -1.49. The Kier molecular flexibility index (Phi) is 2.92. The Morgan fingerprint density at radius 1 is 1.31 bits per heavy atom. The number of nitrogens with zero attached hydrogens (tertiary/aromatic N) is 1. The highest BCUT2D eigenvalue weighted by Crippen LogP contribution is 1.98. The highest BCUT2D eigenvalue weighted by molar-refractivity contribution is 6.02. The van der Waals surface area contributed by atoms with E-state index < -0.39 is 5.97 Å². The van der Waals surface area contributed by atoms with Gasteiger partial charge in [0.1, 0.15) is 0 Å². The third-order valence-electron chi connectivity index (χ3n) is 1.38. The third kappa shape index (κ3) is 3.16. The summed E-state index contributed by atoms with van der Waals surface area (Å²) in [5, 5.41) is 1.05. The molecule has 0 bridgehead atoms. The van der Waals surface area contributed by atoms with E-state index >= 15 is 0 Å². The highest BCUT2D eigenvalue weighted by atomic mass is 16.7. The first-order valence-electron chi connectivity index (χ1n) is 3.75. The molecule has 13 heavy (non-hydrogen) atoms. The van der Waals surface area contributed by atoms with Crippen LogP contribution in [0.15, 0.2) is 12.2 Å². The fourth-order valence-electron chi connectivity index (χ4n) is 0.941. The second-order valence-electron chi connectivity index (χ2n) is 2.65. The number of rotatable bonds is 1. The molecule has 70 valence electrons. The zero-order valence-corrected chi connectivity index (χ0v) is 7.15. The van der Waals surface area contributed by atoms with E-state index in [-0.39, 0.29) is 24.7 Å². The molecule has 0 aromatic heterocycles. The van der Waals surface area contributed by atoms with Crippen molar-refractivity contribution in [3.8, 4) is 0 Å². The highest BCUT2D eigenvalue weighted by Gasteiger charge is 2.18. The third-order valence-corrected chi connectivity index (χ3v) is 1.38. The zero-order valence-electron chi connectivity index (χ0n) is 7.15. The largest absolute Gasteiger partial charge is 0.367 e. The Morgan fingerprint density at radius 2 is 1.77 bits per heavy atom. The minimum Gasteiger partial charge on any atom is -0.367 e. The molecule has 0 atom stereocenters. The number of ketones is 2. The molecule has 1 heterocycles. The molecule has 0 aromatic carbocycles. The number of hydrogen-bond donors (Lipinski definition) is 0. The summed E-state index contributed by atoms with van der Waals surface area (Å²) in [6.07, 6.45) is 2.37. The lowest BCUT2D eigenvalue weighted by Crippen LogP contribution is -2.33. The number of hydrogen-bond acceptors (Lipinski definition) is 5. The molecule has 0 aliphatic carbocycles. The lowest BCUT2D eigenvalue weighted by Gasteiger charge is -2.15. The molecule has 0 fully saturated rings. The summed E-state index contributed by atoms with van der Waals surface area (Å²) >= 11 is 0. The van der Waals surface area contributed by atoms with E-state index in [9.17, 15) is 14.4 Å². The summed E-state index contributed by atoms with van der Waals surface area (Å²) in [5.41, 5.74) is 0. The molecule has 5 heteroatoms. The Morgan fingerprint density at radius 3 is 2.15 bits per heavy atom. The van der Waals surface area contributed by atoms with Gasteiger partial charge in [0.05, 0.1) is 13.1 Å². The molecule has 0 saturated carbocycles. The van der Waals surface area contributed by atoms with Crippen molar-refractivity contribution in [3.05, 3.63) is 12.2 Å². The van der Waals surface area contributed by atoms with Gasteiger partial charge in [-0.25, -0.2) is 0 Å². The van der Waals surface area contributed by atoms with Gasteiger partial charge in [0.25, 0.3) is 0 Å². The molecule has 0 amide bonds. The van der Waals surface area contributed by atoms with E-state index in [1.54, 1.807) is 0 Å². The summed E-state index contributed by atoms with van der Waals surface area (Å²) in [7, 11) is 0.